The predicted molar refractivity (Wildman–Crippen MR) is 104 cm³/mol. The Morgan fingerprint density at radius 2 is 1.52 bits per heavy atom. The van der Waals surface area contributed by atoms with Gasteiger partial charge in [-0.2, -0.15) is 13.2 Å². The summed E-state index contributed by atoms with van der Waals surface area (Å²) in [5.74, 6) is -0.912. The molecule has 0 fully saturated rings. The lowest BCUT2D eigenvalue weighted by Gasteiger charge is -2.32. The van der Waals surface area contributed by atoms with Gasteiger partial charge in [-0.1, -0.05) is 71.9 Å². The summed E-state index contributed by atoms with van der Waals surface area (Å²) in [6.45, 7) is 9.34. The van der Waals surface area contributed by atoms with E-state index in [4.69, 9.17) is 4.74 Å². The highest BCUT2D eigenvalue weighted by molar-refractivity contribution is 5.87. The molecule has 0 saturated heterocycles. The fraction of sp³-hybridized carbons (Fsp3) is 0.667. The molecule has 1 atom stereocenters. The quantitative estimate of drug-likeness (QED) is 0.462. The van der Waals surface area contributed by atoms with Crippen molar-refractivity contribution in [2.45, 2.75) is 78.5 Å². The van der Waals surface area contributed by atoms with E-state index in [0.29, 0.717) is 0 Å². The lowest BCUT2D eigenvalue weighted by Crippen LogP contribution is -2.49. The molecule has 27 heavy (non-hydrogen) atoms. The number of hydrogen-bond donors (Lipinski definition) is 0. The van der Waals surface area contributed by atoms with Crippen LogP contribution in [0.4, 0.5) is 13.2 Å². The zero-order valence-corrected chi connectivity index (χ0v) is 17.7. The summed E-state index contributed by atoms with van der Waals surface area (Å²) in [5, 5.41) is 0. The van der Waals surface area contributed by atoms with Crippen molar-refractivity contribution in [1.82, 2.24) is 0 Å². The first-order valence-electron chi connectivity index (χ1n) is 9.48. The van der Waals surface area contributed by atoms with Crippen LogP contribution >= 0.6 is 0 Å². The van der Waals surface area contributed by atoms with Crippen LogP contribution in [0.5, 0.6) is 5.75 Å². The van der Waals surface area contributed by atoms with Gasteiger partial charge in [-0.05, 0) is 19.1 Å². The number of benzene rings is 1. The van der Waals surface area contributed by atoms with Gasteiger partial charge in [0.25, 0.3) is 0 Å². The highest BCUT2D eigenvalue weighted by atomic mass is 19.4. The lowest BCUT2D eigenvalue weighted by molar-refractivity contribution is -0.263. The van der Waals surface area contributed by atoms with E-state index in [0.717, 1.165) is 20.1 Å². The molecule has 0 bridgehead atoms. The molecule has 0 aliphatic heterocycles. The maximum Gasteiger partial charge on any atom is 0.428 e. The average Bonchev–Trinajstić information content (AvgIpc) is 2.64. The summed E-state index contributed by atoms with van der Waals surface area (Å²) in [6, 6.07) is 5.18. The molecule has 0 aromatic heterocycles. The average molecular weight is 393 g/mol. The van der Waals surface area contributed by atoms with Crippen LogP contribution < -0.4 is 4.74 Å². The van der Waals surface area contributed by atoms with Gasteiger partial charge in [-0.3, -0.25) is 4.79 Å². The van der Waals surface area contributed by atoms with E-state index in [1.165, 1.54) is 57.4 Å². The molecular weight excluding hydrogens is 357 g/mol. The highest BCUT2D eigenvalue weighted by Gasteiger charge is 2.60. The number of Topliss-reactive ketones (excluding diaryl/α,β-unsaturated/α-hetero) is 1. The molecule has 0 saturated carbocycles. The lowest BCUT2D eigenvalue weighted by atomic mass is 9.89. The van der Waals surface area contributed by atoms with Crippen molar-refractivity contribution < 1.29 is 27.4 Å². The van der Waals surface area contributed by atoms with Crippen molar-refractivity contribution in [3.05, 3.63) is 29.8 Å². The fourth-order valence-corrected chi connectivity index (χ4v) is 2.46. The van der Waals surface area contributed by atoms with Crippen LogP contribution in [0.15, 0.2) is 24.3 Å². The standard InChI is InChI=1S/C12H13F3O3.C7H16.C2H6/c1-8(16)11(18-3,12(13,14)15)9-5-4-6-10(7-9)17-2;1-3-5-7-6-4-2;1-2/h4-7H,1-3H3;3-7H2,1-2H3;1-2H3. The summed E-state index contributed by atoms with van der Waals surface area (Å²) in [6.07, 6.45) is 2.16. The van der Waals surface area contributed by atoms with Gasteiger partial charge >= 0.3 is 6.18 Å². The molecule has 0 N–H and O–H groups in total. The number of ketones is 1. The molecule has 1 rings (SSSR count). The van der Waals surface area contributed by atoms with Gasteiger partial charge in [0.2, 0.25) is 5.60 Å². The Kier molecular flexibility index (Phi) is 14.8. The SMILES string of the molecule is CC.CCCCCCC.COc1cccc(C(OC)(C(C)=O)C(F)(F)F)c1. The van der Waals surface area contributed by atoms with Crippen molar-refractivity contribution in [3.63, 3.8) is 0 Å². The first-order chi connectivity index (χ1) is 12.7. The zero-order valence-electron chi connectivity index (χ0n) is 17.7. The molecule has 0 amide bonds. The van der Waals surface area contributed by atoms with E-state index >= 15 is 0 Å². The second-order valence-electron chi connectivity index (χ2n) is 5.73. The van der Waals surface area contributed by atoms with Crippen molar-refractivity contribution in [3.8, 4) is 5.75 Å². The maximum atomic E-state index is 13.2. The molecule has 0 radical (unpaired) electrons. The van der Waals surface area contributed by atoms with E-state index in [1.807, 2.05) is 13.8 Å². The van der Waals surface area contributed by atoms with Gasteiger partial charge in [0.1, 0.15) is 5.75 Å². The Morgan fingerprint density at radius 1 is 1.00 bits per heavy atom. The van der Waals surface area contributed by atoms with E-state index < -0.39 is 17.6 Å². The number of unbranched alkanes of at least 4 members (excludes halogenated alkanes) is 4. The molecule has 0 heterocycles. The van der Waals surface area contributed by atoms with Crippen LogP contribution in [0.2, 0.25) is 0 Å². The normalized spacial score (nSPS) is 12.7. The summed E-state index contributed by atoms with van der Waals surface area (Å²) in [7, 11) is 2.18. The number of alkyl halides is 3. The van der Waals surface area contributed by atoms with Gasteiger partial charge in [0.15, 0.2) is 5.78 Å². The van der Waals surface area contributed by atoms with E-state index in [-0.39, 0.29) is 11.3 Å². The van der Waals surface area contributed by atoms with E-state index in [2.05, 4.69) is 18.6 Å². The van der Waals surface area contributed by atoms with Crippen LogP contribution in [0, 0.1) is 0 Å². The van der Waals surface area contributed by atoms with Crippen molar-refractivity contribution in [1.29, 1.82) is 0 Å². The summed E-state index contributed by atoms with van der Waals surface area (Å²) in [4.78, 5) is 11.5. The Bertz CT molecular complexity index is 512. The number of carbonyl (C=O) groups is 1. The van der Waals surface area contributed by atoms with Crippen molar-refractivity contribution >= 4 is 5.78 Å². The number of carbonyl (C=O) groups excluding carboxylic acids is 1. The summed E-state index contributed by atoms with van der Waals surface area (Å²) in [5.41, 5.74) is -3.26. The van der Waals surface area contributed by atoms with Crippen LogP contribution in [0.3, 0.4) is 0 Å². The van der Waals surface area contributed by atoms with E-state index in [1.54, 1.807) is 0 Å². The monoisotopic (exact) mass is 392 g/mol. The summed E-state index contributed by atoms with van der Waals surface area (Å²) < 4.78 is 48.9. The third-order valence-electron chi connectivity index (χ3n) is 3.88. The maximum absolute atomic E-state index is 13.2. The number of hydrogen-bond acceptors (Lipinski definition) is 3. The van der Waals surface area contributed by atoms with Gasteiger partial charge in [-0.15, -0.1) is 0 Å². The molecule has 3 nitrogen and oxygen atoms in total. The van der Waals surface area contributed by atoms with Gasteiger partial charge in [0.05, 0.1) is 7.11 Å². The molecule has 0 aliphatic carbocycles. The molecule has 1 aromatic rings. The first kappa shape index (κ1) is 27.7. The molecule has 0 aliphatic rings. The topological polar surface area (TPSA) is 35.5 Å². The highest BCUT2D eigenvalue weighted by Crippen LogP contribution is 2.43. The molecule has 1 aromatic carbocycles. The molecule has 1 unspecified atom stereocenters. The van der Waals surface area contributed by atoms with Crippen LogP contribution in [-0.2, 0) is 15.1 Å². The third kappa shape index (κ3) is 8.33. The Labute approximate surface area is 162 Å². The Balaban J connectivity index is 0. The second kappa shape index (κ2) is 14.5. The molecule has 158 valence electrons. The number of rotatable bonds is 8. The minimum Gasteiger partial charge on any atom is -0.497 e. The predicted octanol–water partition coefficient (Wildman–Crippen LogP) is 6.69. The molecule has 6 heteroatoms. The zero-order chi connectivity index (χ0) is 21.5. The number of halogens is 3. The second-order valence-corrected chi connectivity index (χ2v) is 5.73. The largest absolute Gasteiger partial charge is 0.497 e. The Hall–Kier alpha value is -1.56. The Morgan fingerprint density at radius 3 is 1.85 bits per heavy atom. The number of ether oxygens (including phenoxy) is 2. The minimum absolute atomic E-state index is 0.222. The third-order valence-corrected chi connectivity index (χ3v) is 3.88. The number of methoxy groups -OCH3 is 2. The van der Waals surface area contributed by atoms with Crippen LogP contribution in [0.25, 0.3) is 0 Å². The van der Waals surface area contributed by atoms with Crippen LogP contribution in [-0.4, -0.2) is 26.2 Å². The summed E-state index contributed by atoms with van der Waals surface area (Å²) >= 11 is 0. The van der Waals surface area contributed by atoms with Gasteiger partial charge < -0.3 is 9.47 Å². The molecular formula is C21H35F3O3. The van der Waals surface area contributed by atoms with Gasteiger partial charge in [0, 0.05) is 12.7 Å². The van der Waals surface area contributed by atoms with Gasteiger partial charge in [-0.25, -0.2) is 0 Å². The molecule has 0 spiro atoms. The smallest absolute Gasteiger partial charge is 0.428 e. The fourth-order valence-electron chi connectivity index (χ4n) is 2.46. The van der Waals surface area contributed by atoms with E-state index in [9.17, 15) is 18.0 Å². The first-order valence-corrected chi connectivity index (χ1v) is 9.48. The van der Waals surface area contributed by atoms with Crippen molar-refractivity contribution in [2.24, 2.45) is 0 Å². The minimum atomic E-state index is -4.85. The van der Waals surface area contributed by atoms with Crippen molar-refractivity contribution in [2.75, 3.05) is 14.2 Å². The van der Waals surface area contributed by atoms with Crippen LogP contribution in [0.1, 0.15) is 72.3 Å².